The predicted molar refractivity (Wildman–Crippen MR) is 79.6 cm³/mol. The van der Waals surface area contributed by atoms with Crippen LogP contribution in [0.15, 0.2) is 30.6 Å². The van der Waals surface area contributed by atoms with Crippen molar-refractivity contribution in [3.05, 3.63) is 36.3 Å². The van der Waals surface area contributed by atoms with Crippen molar-refractivity contribution in [3.8, 4) is 16.9 Å². The van der Waals surface area contributed by atoms with Crippen LogP contribution in [-0.2, 0) is 7.05 Å². The van der Waals surface area contributed by atoms with Gasteiger partial charge in [-0.15, -0.1) is 0 Å². The van der Waals surface area contributed by atoms with E-state index in [4.69, 9.17) is 10.5 Å². The number of nitrogen functional groups attached to an aromatic ring is 1. The molecule has 3 rings (SSSR count). The maximum Gasteiger partial charge on any atom is 0.146 e. The van der Waals surface area contributed by atoms with Crippen LogP contribution in [0, 0.1) is 6.92 Å². The molecule has 5 heteroatoms. The number of nitrogens with zero attached hydrogens (tertiary/aromatic N) is 3. The standard InChI is InChI=1S/C15H16N4O/c1-9-12(10-4-6-11(20-3)7-5-10)13-14(16)17-8-18-15(13)19(9)2/h4-8H,1-3H3,(H2,16,17,18). The molecule has 0 atom stereocenters. The molecule has 20 heavy (non-hydrogen) atoms. The van der Waals surface area contributed by atoms with Gasteiger partial charge in [-0.05, 0) is 24.6 Å². The fraction of sp³-hybridized carbons (Fsp3) is 0.200. The molecule has 0 fully saturated rings. The first-order chi connectivity index (χ1) is 9.63. The molecule has 0 aliphatic carbocycles. The molecule has 0 spiro atoms. The number of fused-ring (bicyclic) bond motifs is 1. The lowest BCUT2D eigenvalue weighted by molar-refractivity contribution is 0.415. The third kappa shape index (κ3) is 1.71. The first-order valence-corrected chi connectivity index (χ1v) is 6.33. The lowest BCUT2D eigenvalue weighted by Gasteiger charge is -2.05. The molecule has 3 aromatic rings. The monoisotopic (exact) mass is 268 g/mol. The predicted octanol–water partition coefficient (Wildman–Crippen LogP) is 2.53. The maximum absolute atomic E-state index is 6.04. The van der Waals surface area contributed by atoms with Crippen LogP contribution >= 0.6 is 0 Å². The average Bonchev–Trinajstić information content (AvgIpc) is 2.73. The number of benzene rings is 1. The number of nitrogens with two attached hydrogens (primary N) is 1. The Kier molecular flexibility index (Phi) is 2.82. The molecule has 0 unspecified atom stereocenters. The molecule has 2 aromatic heterocycles. The van der Waals surface area contributed by atoms with Crippen LogP contribution < -0.4 is 10.5 Å². The van der Waals surface area contributed by atoms with Gasteiger partial charge in [-0.25, -0.2) is 9.97 Å². The lowest BCUT2D eigenvalue weighted by Crippen LogP contribution is -1.95. The van der Waals surface area contributed by atoms with Gasteiger partial charge in [-0.3, -0.25) is 0 Å². The molecule has 0 aliphatic rings. The van der Waals surface area contributed by atoms with Crippen LogP contribution in [0.5, 0.6) is 5.75 Å². The van der Waals surface area contributed by atoms with Crippen LogP contribution in [0.1, 0.15) is 5.69 Å². The number of hydrogen-bond acceptors (Lipinski definition) is 4. The van der Waals surface area contributed by atoms with Gasteiger partial charge in [0.15, 0.2) is 0 Å². The molecule has 0 saturated carbocycles. The van der Waals surface area contributed by atoms with Gasteiger partial charge in [0.1, 0.15) is 23.5 Å². The molecule has 0 amide bonds. The first-order valence-electron chi connectivity index (χ1n) is 6.33. The molecule has 1 aromatic carbocycles. The summed E-state index contributed by atoms with van der Waals surface area (Å²) in [4.78, 5) is 8.44. The first kappa shape index (κ1) is 12.5. The fourth-order valence-electron chi connectivity index (χ4n) is 2.50. The zero-order valence-electron chi connectivity index (χ0n) is 11.7. The van der Waals surface area contributed by atoms with E-state index in [0.29, 0.717) is 5.82 Å². The molecule has 0 aliphatic heterocycles. The molecule has 5 nitrogen and oxygen atoms in total. The van der Waals surface area contributed by atoms with E-state index in [1.54, 1.807) is 7.11 Å². The number of aryl methyl sites for hydroxylation is 1. The van der Waals surface area contributed by atoms with Crippen molar-refractivity contribution in [2.24, 2.45) is 7.05 Å². The van der Waals surface area contributed by atoms with Crippen LogP contribution in [0.4, 0.5) is 5.82 Å². The molecule has 0 radical (unpaired) electrons. The van der Waals surface area contributed by atoms with E-state index in [0.717, 1.165) is 33.6 Å². The van der Waals surface area contributed by atoms with E-state index in [1.165, 1.54) is 6.33 Å². The Hall–Kier alpha value is -2.56. The second kappa shape index (κ2) is 4.52. The van der Waals surface area contributed by atoms with Crippen molar-refractivity contribution in [2.75, 3.05) is 12.8 Å². The quantitative estimate of drug-likeness (QED) is 0.775. The summed E-state index contributed by atoms with van der Waals surface area (Å²) in [5.74, 6) is 1.33. The van der Waals surface area contributed by atoms with Crippen LogP contribution in [-0.4, -0.2) is 21.6 Å². The fourth-order valence-corrected chi connectivity index (χ4v) is 2.50. The lowest BCUT2D eigenvalue weighted by atomic mass is 10.0. The minimum atomic E-state index is 0.504. The van der Waals surface area contributed by atoms with Crippen LogP contribution in [0.2, 0.25) is 0 Å². The Morgan fingerprint density at radius 2 is 1.85 bits per heavy atom. The zero-order valence-corrected chi connectivity index (χ0v) is 11.7. The van der Waals surface area contributed by atoms with E-state index in [-0.39, 0.29) is 0 Å². The highest BCUT2D eigenvalue weighted by molar-refractivity contribution is 6.02. The SMILES string of the molecule is COc1ccc(-c2c(C)n(C)c3ncnc(N)c23)cc1. The van der Waals surface area contributed by atoms with Crippen molar-refractivity contribution in [2.45, 2.75) is 6.92 Å². The zero-order chi connectivity index (χ0) is 14.3. The van der Waals surface area contributed by atoms with E-state index in [2.05, 4.69) is 16.9 Å². The average molecular weight is 268 g/mol. The molecular formula is C15H16N4O. The van der Waals surface area contributed by atoms with Gasteiger partial charge in [0, 0.05) is 18.3 Å². The second-order valence-corrected chi connectivity index (χ2v) is 4.71. The highest BCUT2D eigenvalue weighted by Crippen LogP contribution is 2.36. The van der Waals surface area contributed by atoms with Gasteiger partial charge in [0.2, 0.25) is 0 Å². The highest BCUT2D eigenvalue weighted by atomic mass is 16.5. The third-order valence-electron chi connectivity index (χ3n) is 3.67. The smallest absolute Gasteiger partial charge is 0.146 e. The molecule has 2 heterocycles. The van der Waals surface area contributed by atoms with Gasteiger partial charge in [0.25, 0.3) is 0 Å². The number of methoxy groups -OCH3 is 1. The van der Waals surface area contributed by atoms with Crippen LogP contribution in [0.3, 0.4) is 0 Å². The van der Waals surface area contributed by atoms with E-state index >= 15 is 0 Å². The summed E-state index contributed by atoms with van der Waals surface area (Å²) in [6, 6.07) is 7.92. The van der Waals surface area contributed by atoms with Gasteiger partial charge in [-0.2, -0.15) is 0 Å². The van der Waals surface area contributed by atoms with E-state index in [9.17, 15) is 0 Å². The van der Waals surface area contributed by atoms with E-state index in [1.807, 2.05) is 35.9 Å². The van der Waals surface area contributed by atoms with Crippen LogP contribution in [0.25, 0.3) is 22.2 Å². The number of anilines is 1. The van der Waals surface area contributed by atoms with Crippen molar-refractivity contribution in [1.29, 1.82) is 0 Å². The summed E-state index contributed by atoms with van der Waals surface area (Å²) in [5, 5.41) is 0.901. The Balaban J connectivity index is 2.32. The molecule has 0 bridgehead atoms. The Labute approximate surface area is 117 Å². The normalized spacial score (nSPS) is 10.9. The summed E-state index contributed by atoms with van der Waals surface area (Å²) < 4.78 is 7.23. The van der Waals surface area contributed by atoms with Crippen molar-refractivity contribution in [1.82, 2.24) is 14.5 Å². The Bertz CT molecular complexity index is 775. The summed E-state index contributed by atoms with van der Waals surface area (Å²) >= 11 is 0. The third-order valence-corrected chi connectivity index (χ3v) is 3.67. The Morgan fingerprint density at radius 3 is 2.50 bits per heavy atom. The van der Waals surface area contributed by atoms with Crippen molar-refractivity contribution < 1.29 is 4.74 Å². The van der Waals surface area contributed by atoms with Gasteiger partial charge in [-0.1, -0.05) is 12.1 Å². The number of ether oxygens (including phenoxy) is 1. The molecular weight excluding hydrogens is 252 g/mol. The summed E-state index contributed by atoms with van der Waals surface area (Å²) in [7, 11) is 3.64. The summed E-state index contributed by atoms with van der Waals surface area (Å²) in [6.45, 7) is 2.06. The molecule has 0 saturated heterocycles. The number of hydrogen-bond donors (Lipinski definition) is 1. The molecule has 102 valence electrons. The number of aromatic nitrogens is 3. The van der Waals surface area contributed by atoms with Gasteiger partial charge < -0.3 is 15.0 Å². The minimum Gasteiger partial charge on any atom is -0.497 e. The second-order valence-electron chi connectivity index (χ2n) is 4.71. The summed E-state index contributed by atoms with van der Waals surface area (Å²) in [6.07, 6.45) is 1.49. The minimum absolute atomic E-state index is 0.504. The van der Waals surface area contributed by atoms with Gasteiger partial charge >= 0.3 is 0 Å². The summed E-state index contributed by atoms with van der Waals surface area (Å²) in [5.41, 5.74) is 10.2. The number of rotatable bonds is 2. The largest absolute Gasteiger partial charge is 0.497 e. The van der Waals surface area contributed by atoms with Crippen molar-refractivity contribution >= 4 is 16.9 Å². The highest BCUT2D eigenvalue weighted by Gasteiger charge is 2.17. The van der Waals surface area contributed by atoms with Gasteiger partial charge in [0.05, 0.1) is 12.5 Å². The molecule has 2 N–H and O–H groups in total. The topological polar surface area (TPSA) is 66.0 Å². The maximum atomic E-state index is 6.04. The Morgan fingerprint density at radius 1 is 1.15 bits per heavy atom. The van der Waals surface area contributed by atoms with Crippen molar-refractivity contribution in [3.63, 3.8) is 0 Å². The van der Waals surface area contributed by atoms with E-state index < -0.39 is 0 Å².